The van der Waals surface area contributed by atoms with Gasteiger partial charge in [-0.15, -0.1) is 0 Å². The van der Waals surface area contributed by atoms with E-state index in [9.17, 15) is 4.39 Å². The minimum atomic E-state index is -0.118. The number of hydrogen-bond donors (Lipinski definition) is 1. The maximum Gasteiger partial charge on any atom is 0.127 e. The van der Waals surface area contributed by atoms with Crippen molar-refractivity contribution >= 4 is 0 Å². The van der Waals surface area contributed by atoms with Crippen molar-refractivity contribution in [1.29, 1.82) is 0 Å². The monoisotopic (exact) mass is 259 g/mol. The summed E-state index contributed by atoms with van der Waals surface area (Å²) >= 11 is 0. The number of nitrogens with one attached hydrogen (secondary N) is 1. The van der Waals surface area contributed by atoms with Crippen LogP contribution in [0, 0.1) is 5.82 Å². The fourth-order valence-electron chi connectivity index (χ4n) is 2.79. The van der Waals surface area contributed by atoms with Crippen LogP contribution in [0.25, 0.3) is 0 Å². The van der Waals surface area contributed by atoms with Crippen molar-refractivity contribution in [3.05, 3.63) is 53.6 Å². The van der Waals surface area contributed by atoms with Crippen LogP contribution in [-0.4, -0.2) is 22.9 Å². The Bertz CT molecular complexity index is 572. The number of aromatic nitrogens is 2. The first-order chi connectivity index (χ1) is 9.23. The first-order valence-corrected chi connectivity index (χ1v) is 6.70. The van der Waals surface area contributed by atoms with Crippen LogP contribution in [0.3, 0.4) is 0 Å². The molecule has 1 fully saturated rings. The van der Waals surface area contributed by atoms with E-state index in [0.717, 1.165) is 31.6 Å². The molecule has 3 rings (SSSR count). The Morgan fingerprint density at radius 2 is 2.16 bits per heavy atom. The average molecular weight is 259 g/mol. The van der Waals surface area contributed by atoms with E-state index in [1.807, 2.05) is 23.0 Å². The molecular weight excluding hydrogens is 241 g/mol. The summed E-state index contributed by atoms with van der Waals surface area (Å²) in [6.45, 7) is 4.58. The molecule has 1 aliphatic rings. The summed E-state index contributed by atoms with van der Waals surface area (Å²) in [6.07, 6.45) is 4.78. The molecule has 19 heavy (non-hydrogen) atoms. The summed E-state index contributed by atoms with van der Waals surface area (Å²) in [7, 11) is 0. The fourth-order valence-corrected chi connectivity index (χ4v) is 2.79. The molecule has 1 N–H and O–H groups in total. The summed E-state index contributed by atoms with van der Waals surface area (Å²) in [5, 5.41) is 7.57. The molecule has 0 spiro atoms. The highest BCUT2D eigenvalue weighted by molar-refractivity contribution is 5.33. The van der Waals surface area contributed by atoms with Gasteiger partial charge in [0.15, 0.2) is 0 Å². The minimum Gasteiger partial charge on any atom is -0.315 e. The number of hydrogen-bond acceptors (Lipinski definition) is 2. The van der Waals surface area contributed by atoms with E-state index in [-0.39, 0.29) is 11.2 Å². The van der Waals surface area contributed by atoms with Gasteiger partial charge in [-0.25, -0.2) is 4.39 Å². The van der Waals surface area contributed by atoms with Crippen molar-refractivity contribution in [3.8, 4) is 0 Å². The van der Waals surface area contributed by atoms with Crippen LogP contribution in [0.15, 0.2) is 36.7 Å². The van der Waals surface area contributed by atoms with Gasteiger partial charge in [-0.3, -0.25) is 4.68 Å². The van der Waals surface area contributed by atoms with Crippen LogP contribution >= 0.6 is 0 Å². The molecule has 3 nitrogen and oxygen atoms in total. The molecule has 4 heteroatoms. The van der Waals surface area contributed by atoms with Crippen LogP contribution in [0.5, 0.6) is 0 Å². The van der Waals surface area contributed by atoms with Crippen molar-refractivity contribution in [2.45, 2.75) is 25.3 Å². The van der Waals surface area contributed by atoms with Gasteiger partial charge in [-0.1, -0.05) is 18.2 Å². The highest BCUT2D eigenvalue weighted by Crippen LogP contribution is 2.34. The molecule has 0 unspecified atom stereocenters. The van der Waals surface area contributed by atoms with Crippen LogP contribution in [0.2, 0.25) is 0 Å². The van der Waals surface area contributed by atoms with Crippen molar-refractivity contribution in [3.63, 3.8) is 0 Å². The van der Waals surface area contributed by atoms with Crippen LogP contribution in [0.1, 0.15) is 18.1 Å². The summed E-state index contributed by atoms with van der Waals surface area (Å²) < 4.78 is 15.9. The summed E-state index contributed by atoms with van der Waals surface area (Å²) in [5.74, 6) is -0.105. The first kappa shape index (κ1) is 12.4. The van der Waals surface area contributed by atoms with Gasteiger partial charge < -0.3 is 5.32 Å². The number of benzene rings is 1. The van der Waals surface area contributed by atoms with Gasteiger partial charge in [0, 0.05) is 31.2 Å². The van der Waals surface area contributed by atoms with Crippen molar-refractivity contribution in [2.75, 3.05) is 13.1 Å². The molecule has 2 aromatic rings. The molecule has 0 saturated carbocycles. The molecular formula is C15H18FN3. The smallest absolute Gasteiger partial charge is 0.127 e. The van der Waals surface area contributed by atoms with E-state index >= 15 is 0 Å². The summed E-state index contributed by atoms with van der Waals surface area (Å²) in [5.41, 5.74) is 1.87. The van der Waals surface area contributed by atoms with E-state index in [2.05, 4.69) is 23.5 Å². The van der Waals surface area contributed by atoms with E-state index in [4.69, 9.17) is 0 Å². The van der Waals surface area contributed by atoms with E-state index in [1.165, 1.54) is 5.56 Å². The van der Waals surface area contributed by atoms with Crippen LogP contribution < -0.4 is 5.32 Å². The van der Waals surface area contributed by atoms with E-state index in [1.54, 1.807) is 12.1 Å². The molecule has 0 bridgehead atoms. The Hall–Kier alpha value is -1.68. The van der Waals surface area contributed by atoms with E-state index in [0.29, 0.717) is 0 Å². The SMILES string of the molecule is CCn1cc(CC2(c3ccccc3F)CNC2)cn1. The lowest BCUT2D eigenvalue weighted by atomic mass is 9.71. The van der Waals surface area contributed by atoms with Crippen molar-refractivity contribution in [1.82, 2.24) is 15.1 Å². The lowest BCUT2D eigenvalue weighted by Crippen LogP contribution is -2.58. The minimum absolute atomic E-state index is 0.105. The number of halogens is 1. The highest BCUT2D eigenvalue weighted by Gasteiger charge is 2.40. The van der Waals surface area contributed by atoms with Gasteiger partial charge >= 0.3 is 0 Å². The summed E-state index contributed by atoms with van der Waals surface area (Å²) in [4.78, 5) is 0. The van der Waals surface area contributed by atoms with Gasteiger partial charge in [0.25, 0.3) is 0 Å². The molecule has 0 aliphatic carbocycles. The molecule has 0 radical (unpaired) electrons. The zero-order valence-electron chi connectivity index (χ0n) is 11.1. The van der Waals surface area contributed by atoms with Gasteiger partial charge in [0.05, 0.1) is 6.20 Å². The Morgan fingerprint density at radius 1 is 1.37 bits per heavy atom. The van der Waals surface area contributed by atoms with Crippen LogP contribution in [-0.2, 0) is 18.4 Å². The highest BCUT2D eigenvalue weighted by atomic mass is 19.1. The Balaban J connectivity index is 1.89. The largest absolute Gasteiger partial charge is 0.315 e. The van der Waals surface area contributed by atoms with Crippen molar-refractivity contribution < 1.29 is 4.39 Å². The lowest BCUT2D eigenvalue weighted by Gasteiger charge is -2.43. The van der Waals surface area contributed by atoms with Gasteiger partial charge in [-0.05, 0) is 30.5 Å². The first-order valence-electron chi connectivity index (χ1n) is 6.70. The fraction of sp³-hybridized carbons (Fsp3) is 0.400. The number of aryl methyl sites for hydroxylation is 1. The second-order valence-electron chi connectivity index (χ2n) is 5.24. The van der Waals surface area contributed by atoms with Gasteiger partial charge in [-0.2, -0.15) is 5.10 Å². The van der Waals surface area contributed by atoms with Crippen molar-refractivity contribution in [2.24, 2.45) is 0 Å². The molecule has 1 saturated heterocycles. The molecule has 1 aliphatic heterocycles. The third kappa shape index (κ3) is 2.16. The molecule has 1 aromatic heterocycles. The molecule has 100 valence electrons. The Labute approximate surface area is 112 Å². The molecule has 2 heterocycles. The third-order valence-corrected chi connectivity index (χ3v) is 3.93. The standard InChI is InChI=1S/C15H18FN3/c1-2-19-9-12(8-18-19)7-15(10-17-11-15)13-5-3-4-6-14(13)16/h3-6,8-9,17H,2,7,10-11H2,1H3. The van der Waals surface area contributed by atoms with Crippen LogP contribution in [0.4, 0.5) is 4.39 Å². The second-order valence-corrected chi connectivity index (χ2v) is 5.24. The molecule has 1 aromatic carbocycles. The predicted octanol–water partition coefficient (Wildman–Crippen LogP) is 2.13. The van der Waals surface area contributed by atoms with E-state index < -0.39 is 0 Å². The number of rotatable bonds is 4. The van der Waals surface area contributed by atoms with Gasteiger partial charge in [0.1, 0.15) is 5.82 Å². The predicted molar refractivity (Wildman–Crippen MR) is 72.6 cm³/mol. The lowest BCUT2D eigenvalue weighted by molar-refractivity contribution is 0.266. The van der Waals surface area contributed by atoms with Gasteiger partial charge in [0.2, 0.25) is 0 Å². The second kappa shape index (κ2) is 4.78. The topological polar surface area (TPSA) is 29.9 Å². The maximum absolute atomic E-state index is 14.0. The Kier molecular flexibility index (Phi) is 3.11. The Morgan fingerprint density at radius 3 is 2.74 bits per heavy atom. The maximum atomic E-state index is 14.0. The normalized spacial score (nSPS) is 17.2. The number of nitrogens with zero attached hydrogens (tertiary/aromatic N) is 2. The summed E-state index contributed by atoms with van der Waals surface area (Å²) in [6, 6.07) is 7.10. The third-order valence-electron chi connectivity index (χ3n) is 3.93. The average Bonchev–Trinajstić information content (AvgIpc) is 2.82. The quantitative estimate of drug-likeness (QED) is 0.911. The zero-order valence-corrected chi connectivity index (χ0v) is 11.1. The zero-order chi connectivity index (χ0) is 13.3. The molecule has 0 amide bonds. The molecule has 0 atom stereocenters.